The molecule has 0 aromatic carbocycles. The summed E-state index contributed by atoms with van der Waals surface area (Å²) in [5.41, 5.74) is 0. The predicted octanol–water partition coefficient (Wildman–Crippen LogP) is 2.43. The van der Waals surface area contributed by atoms with Crippen LogP contribution in [-0.2, 0) is 0 Å². The molecule has 4 heterocycles. The van der Waals surface area contributed by atoms with E-state index in [0.29, 0.717) is 0 Å². The molecule has 6 nitrogen and oxygen atoms in total. The van der Waals surface area contributed by atoms with Crippen LogP contribution in [0.2, 0.25) is 0 Å². The minimum atomic E-state index is 0.745. The number of hydrogen-bond acceptors (Lipinski definition) is 6. The van der Waals surface area contributed by atoms with E-state index < -0.39 is 0 Å². The first-order valence-electron chi connectivity index (χ1n) is 9.27. The van der Waals surface area contributed by atoms with E-state index in [1.54, 1.807) is 6.33 Å². The summed E-state index contributed by atoms with van der Waals surface area (Å²) >= 11 is 0. The van der Waals surface area contributed by atoms with E-state index >= 15 is 0 Å². The van der Waals surface area contributed by atoms with E-state index in [1.807, 2.05) is 18.3 Å². The molecule has 2 fully saturated rings. The number of aromatic nitrogens is 3. The molecule has 25 heavy (non-hydrogen) atoms. The third kappa shape index (κ3) is 3.67. The van der Waals surface area contributed by atoms with Gasteiger partial charge in [-0.1, -0.05) is 13.0 Å². The Bertz CT molecular complexity index is 683. The Balaban J connectivity index is 1.42. The molecule has 0 amide bonds. The second-order valence-electron chi connectivity index (χ2n) is 7.09. The van der Waals surface area contributed by atoms with Gasteiger partial charge in [-0.25, -0.2) is 15.0 Å². The average molecular weight is 338 g/mol. The number of pyridine rings is 1. The quantitative estimate of drug-likeness (QED) is 0.857. The first kappa shape index (κ1) is 16.1. The van der Waals surface area contributed by atoms with Gasteiger partial charge in [0.15, 0.2) is 0 Å². The second-order valence-corrected chi connectivity index (χ2v) is 7.09. The number of hydrogen-bond donors (Lipinski definition) is 0. The molecule has 2 aliphatic rings. The standard InChI is InChI=1S/C19H26N6/c1-16-5-4-8-25(14-16)19-13-18(21-15-22-19)24-11-9-23(10-12-24)17-6-2-3-7-20-17/h2-3,6-7,13,15-16H,4-5,8-12,14H2,1H3. The summed E-state index contributed by atoms with van der Waals surface area (Å²) in [5, 5.41) is 0. The molecule has 2 aliphatic heterocycles. The van der Waals surface area contributed by atoms with Gasteiger partial charge in [-0.05, 0) is 30.9 Å². The zero-order valence-electron chi connectivity index (χ0n) is 14.9. The van der Waals surface area contributed by atoms with Gasteiger partial charge in [-0.3, -0.25) is 0 Å². The maximum atomic E-state index is 4.53. The van der Waals surface area contributed by atoms with Gasteiger partial charge < -0.3 is 14.7 Å². The summed E-state index contributed by atoms with van der Waals surface area (Å²) in [7, 11) is 0. The van der Waals surface area contributed by atoms with E-state index in [1.165, 1.54) is 12.8 Å². The smallest absolute Gasteiger partial charge is 0.134 e. The number of rotatable bonds is 3. The molecule has 2 saturated heterocycles. The van der Waals surface area contributed by atoms with Gasteiger partial charge in [0.2, 0.25) is 0 Å². The maximum absolute atomic E-state index is 4.53. The highest BCUT2D eigenvalue weighted by Gasteiger charge is 2.21. The minimum Gasteiger partial charge on any atom is -0.356 e. The van der Waals surface area contributed by atoms with Crippen LogP contribution in [0.1, 0.15) is 19.8 Å². The third-order valence-corrected chi connectivity index (χ3v) is 5.20. The highest BCUT2D eigenvalue weighted by molar-refractivity contribution is 5.52. The predicted molar refractivity (Wildman–Crippen MR) is 101 cm³/mol. The van der Waals surface area contributed by atoms with Gasteiger partial charge in [0, 0.05) is 51.5 Å². The molecule has 2 aromatic rings. The topological polar surface area (TPSA) is 48.4 Å². The molecule has 2 aromatic heterocycles. The molecular formula is C19H26N6. The van der Waals surface area contributed by atoms with Crippen molar-refractivity contribution in [1.82, 2.24) is 15.0 Å². The van der Waals surface area contributed by atoms with Crippen molar-refractivity contribution in [2.45, 2.75) is 19.8 Å². The lowest BCUT2D eigenvalue weighted by atomic mass is 10.0. The lowest BCUT2D eigenvalue weighted by molar-refractivity contribution is 0.444. The lowest BCUT2D eigenvalue weighted by Gasteiger charge is -2.36. The van der Waals surface area contributed by atoms with Crippen molar-refractivity contribution in [1.29, 1.82) is 0 Å². The molecule has 0 spiro atoms. The zero-order valence-corrected chi connectivity index (χ0v) is 14.9. The van der Waals surface area contributed by atoms with Crippen molar-refractivity contribution < 1.29 is 0 Å². The van der Waals surface area contributed by atoms with Crippen LogP contribution in [0.5, 0.6) is 0 Å². The first-order valence-corrected chi connectivity index (χ1v) is 9.27. The van der Waals surface area contributed by atoms with Crippen molar-refractivity contribution >= 4 is 17.5 Å². The van der Waals surface area contributed by atoms with Gasteiger partial charge in [0.05, 0.1) is 0 Å². The van der Waals surface area contributed by atoms with Gasteiger partial charge in [0.25, 0.3) is 0 Å². The summed E-state index contributed by atoms with van der Waals surface area (Å²) < 4.78 is 0. The van der Waals surface area contributed by atoms with Crippen LogP contribution in [0.25, 0.3) is 0 Å². The molecule has 132 valence electrons. The fraction of sp³-hybridized carbons (Fsp3) is 0.526. The van der Waals surface area contributed by atoms with E-state index in [4.69, 9.17) is 0 Å². The Morgan fingerprint density at radius 3 is 2.24 bits per heavy atom. The fourth-order valence-electron chi connectivity index (χ4n) is 3.79. The van der Waals surface area contributed by atoms with Gasteiger partial charge in [-0.2, -0.15) is 0 Å². The molecule has 0 saturated carbocycles. The molecule has 0 bridgehead atoms. The fourth-order valence-corrected chi connectivity index (χ4v) is 3.79. The average Bonchev–Trinajstić information content (AvgIpc) is 2.69. The lowest BCUT2D eigenvalue weighted by Crippen LogP contribution is -2.47. The summed E-state index contributed by atoms with van der Waals surface area (Å²) in [6.45, 7) is 8.39. The van der Waals surface area contributed by atoms with Gasteiger partial charge >= 0.3 is 0 Å². The highest BCUT2D eigenvalue weighted by Crippen LogP contribution is 2.24. The zero-order chi connectivity index (χ0) is 17.1. The van der Waals surface area contributed by atoms with Crippen LogP contribution < -0.4 is 14.7 Å². The molecular weight excluding hydrogens is 312 g/mol. The van der Waals surface area contributed by atoms with Crippen molar-refractivity contribution in [3.8, 4) is 0 Å². The molecule has 0 aliphatic carbocycles. The van der Waals surface area contributed by atoms with Crippen LogP contribution in [0.15, 0.2) is 36.8 Å². The maximum Gasteiger partial charge on any atom is 0.134 e. The SMILES string of the molecule is CC1CCCN(c2cc(N3CCN(c4ccccn4)CC3)ncn2)C1. The van der Waals surface area contributed by atoms with Gasteiger partial charge in [-0.15, -0.1) is 0 Å². The molecule has 4 rings (SSSR count). The van der Waals surface area contributed by atoms with E-state index in [-0.39, 0.29) is 0 Å². The van der Waals surface area contributed by atoms with Crippen molar-refractivity contribution in [3.05, 3.63) is 36.8 Å². The Hall–Kier alpha value is -2.37. The Morgan fingerprint density at radius 2 is 1.56 bits per heavy atom. The van der Waals surface area contributed by atoms with Crippen molar-refractivity contribution in [2.24, 2.45) is 5.92 Å². The van der Waals surface area contributed by atoms with Crippen LogP contribution in [-0.4, -0.2) is 54.2 Å². The normalized spacial score (nSPS) is 21.5. The van der Waals surface area contributed by atoms with Crippen LogP contribution in [0.3, 0.4) is 0 Å². The summed E-state index contributed by atoms with van der Waals surface area (Å²) in [6.07, 6.45) is 6.15. The van der Waals surface area contributed by atoms with Crippen LogP contribution >= 0.6 is 0 Å². The minimum absolute atomic E-state index is 0.745. The summed E-state index contributed by atoms with van der Waals surface area (Å²) in [4.78, 5) is 20.6. The molecule has 0 radical (unpaired) electrons. The number of piperazine rings is 1. The summed E-state index contributed by atoms with van der Waals surface area (Å²) in [5.74, 6) is 3.93. The van der Waals surface area contributed by atoms with Crippen LogP contribution in [0.4, 0.5) is 17.5 Å². The second kappa shape index (κ2) is 7.25. The van der Waals surface area contributed by atoms with E-state index in [0.717, 1.165) is 62.6 Å². The molecule has 1 atom stereocenters. The Labute approximate surface area is 149 Å². The first-order chi connectivity index (χ1) is 12.3. The number of anilines is 3. The Kier molecular flexibility index (Phi) is 4.68. The Morgan fingerprint density at radius 1 is 0.840 bits per heavy atom. The van der Waals surface area contributed by atoms with E-state index in [2.05, 4.69) is 48.7 Å². The number of piperidine rings is 1. The molecule has 6 heteroatoms. The highest BCUT2D eigenvalue weighted by atomic mass is 15.3. The monoisotopic (exact) mass is 338 g/mol. The largest absolute Gasteiger partial charge is 0.356 e. The summed E-state index contributed by atoms with van der Waals surface area (Å²) in [6, 6.07) is 8.25. The molecule has 1 unspecified atom stereocenters. The van der Waals surface area contributed by atoms with E-state index in [9.17, 15) is 0 Å². The van der Waals surface area contributed by atoms with Crippen LogP contribution in [0, 0.1) is 5.92 Å². The van der Waals surface area contributed by atoms with Gasteiger partial charge in [0.1, 0.15) is 23.8 Å². The van der Waals surface area contributed by atoms with Crippen molar-refractivity contribution in [2.75, 3.05) is 54.0 Å². The molecule has 0 N–H and O–H groups in total. The van der Waals surface area contributed by atoms with Crippen molar-refractivity contribution in [3.63, 3.8) is 0 Å². The third-order valence-electron chi connectivity index (χ3n) is 5.20. The number of nitrogens with zero attached hydrogens (tertiary/aromatic N) is 6.